The van der Waals surface area contributed by atoms with Crippen molar-refractivity contribution in [3.05, 3.63) is 23.4 Å². The Balaban J connectivity index is 2.35. The van der Waals surface area contributed by atoms with Crippen LogP contribution in [0.2, 0.25) is 5.02 Å². The zero-order valence-corrected chi connectivity index (χ0v) is 12.1. The van der Waals surface area contributed by atoms with Gasteiger partial charge in [-0.25, -0.2) is 4.98 Å². The predicted molar refractivity (Wildman–Crippen MR) is 79.2 cm³/mol. The van der Waals surface area contributed by atoms with E-state index in [0.717, 1.165) is 25.7 Å². The lowest BCUT2D eigenvalue weighted by molar-refractivity contribution is -0.116. The van der Waals surface area contributed by atoms with E-state index in [1.165, 1.54) is 6.20 Å². The third-order valence-electron chi connectivity index (χ3n) is 3.05. The number of pyridine rings is 1. The average Bonchev–Trinajstić information content (AvgIpc) is 2.39. The number of anilines is 1. The molecule has 1 atom stereocenters. The van der Waals surface area contributed by atoms with Crippen LogP contribution in [0.5, 0.6) is 0 Å². The number of aromatic nitrogens is 1. The zero-order valence-electron chi connectivity index (χ0n) is 11.4. The van der Waals surface area contributed by atoms with Gasteiger partial charge in [0, 0.05) is 12.6 Å². The lowest BCUT2D eigenvalue weighted by Gasteiger charge is -2.14. The predicted octanol–water partition coefficient (Wildman–Crippen LogP) is 3.22. The number of carbonyl (C=O) groups is 1. The number of nitrogens with one attached hydrogen (secondary N) is 1. The second kappa shape index (κ2) is 8.88. The van der Waals surface area contributed by atoms with Crippen molar-refractivity contribution in [1.82, 2.24) is 4.98 Å². The second-order valence-corrected chi connectivity index (χ2v) is 5.12. The van der Waals surface area contributed by atoms with Gasteiger partial charge in [-0.15, -0.1) is 0 Å². The first-order chi connectivity index (χ1) is 9.15. The van der Waals surface area contributed by atoms with Crippen molar-refractivity contribution in [2.45, 2.75) is 39.0 Å². The van der Waals surface area contributed by atoms with E-state index in [-0.39, 0.29) is 5.91 Å². The monoisotopic (exact) mass is 283 g/mol. The molecule has 3 N–H and O–H groups in total. The number of hydrogen-bond acceptors (Lipinski definition) is 3. The fraction of sp³-hybridized carbons (Fsp3) is 0.571. The van der Waals surface area contributed by atoms with Gasteiger partial charge in [-0.1, -0.05) is 31.4 Å². The molecule has 0 aromatic carbocycles. The number of nitrogens with zero attached hydrogens (tertiary/aromatic N) is 1. The smallest absolute Gasteiger partial charge is 0.225 e. The highest BCUT2D eigenvalue weighted by atomic mass is 35.5. The first kappa shape index (κ1) is 15.9. The van der Waals surface area contributed by atoms with Crippen LogP contribution in [0, 0.1) is 5.92 Å². The molecule has 19 heavy (non-hydrogen) atoms. The lowest BCUT2D eigenvalue weighted by atomic mass is 9.94. The number of rotatable bonds is 8. The maximum absolute atomic E-state index is 11.8. The van der Waals surface area contributed by atoms with Gasteiger partial charge in [0.2, 0.25) is 5.91 Å². The van der Waals surface area contributed by atoms with Crippen LogP contribution in [0.3, 0.4) is 0 Å². The van der Waals surface area contributed by atoms with Gasteiger partial charge in [-0.05, 0) is 37.4 Å². The molecule has 0 saturated heterocycles. The molecule has 0 fully saturated rings. The van der Waals surface area contributed by atoms with Gasteiger partial charge < -0.3 is 11.1 Å². The number of amides is 1. The molecule has 0 aliphatic heterocycles. The summed E-state index contributed by atoms with van der Waals surface area (Å²) < 4.78 is 0. The second-order valence-electron chi connectivity index (χ2n) is 4.68. The van der Waals surface area contributed by atoms with E-state index in [9.17, 15) is 4.79 Å². The van der Waals surface area contributed by atoms with Crippen LogP contribution >= 0.6 is 11.6 Å². The molecule has 0 aliphatic carbocycles. The van der Waals surface area contributed by atoms with Crippen molar-refractivity contribution in [2.24, 2.45) is 11.7 Å². The Bertz CT molecular complexity index is 375. The maximum Gasteiger partial charge on any atom is 0.225 e. The van der Waals surface area contributed by atoms with E-state index in [4.69, 9.17) is 17.3 Å². The maximum atomic E-state index is 11.8. The van der Waals surface area contributed by atoms with Gasteiger partial charge in [-0.3, -0.25) is 4.79 Å². The van der Waals surface area contributed by atoms with Crippen LogP contribution in [0.25, 0.3) is 0 Å². The number of nitrogens with two attached hydrogens (primary N) is 1. The highest BCUT2D eigenvalue weighted by Gasteiger charge is 2.10. The molecule has 1 aromatic heterocycles. The van der Waals surface area contributed by atoms with Crippen molar-refractivity contribution >= 4 is 23.3 Å². The molecular weight excluding hydrogens is 262 g/mol. The van der Waals surface area contributed by atoms with Gasteiger partial charge in [0.1, 0.15) is 5.82 Å². The van der Waals surface area contributed by atoms with Crippen molar-refractivity contribution in [2.75, 3.05) is 11.9 Å². The van der Waals surface area contributed by atoms with Crippen LogP contribution < -0.4 is 11.1 Å². The van der Waals surface area contributed by atoms with Crippen molar-refractivity contribution in [3.63, 3.8) is 0 Å². The lowest BCUT2D eigenvalue weighted by Crippen LogP contribution is -2.15. The molecule has 1 amide bonds. The molecular formula is C14H22ClN3O. The fourth-order valence-electron chi connectivity index (χ4n) is 2.07. The average molecular weight is 284 g/mol. The first-order valence-electron chi connectivity index (χ1n) is 6.77. The topological polar surface area (TPSA) is 68.0 Å². The van der Waals surface area contributed by atoms with Gasteiger partial charge in [0.25, 0.3) is 0 Å². The third kappa shape index (κ3) is 6.55. The van der Waals surface area contributed by atoms with E-state index in [1.807, 2.05) is 0 Å². The normalized spacial score (nSPS) is 12.2. The van der Waals surface area contributed by atoms with Gasteiger partial charge in [0.05, 0.1) is 5.02 Å². The van der Waals surface area contributed by atoms with E-state index in [2.05, 4.69) is 17.2 Å². The summed E-state index contributed by atoms with van der Waals surface area (Å²) in [6, 6.07) is 3.40. The van der Waals surface area contributed by atoms with Crippen LogP contribution in [-0.2, 0) is 4.79 Å². The van der Waals surface area contributed by atoms with Crippen molar-refractivity contribution in [1.29, 1.82) is 0 Å². The molecule has 0 bridgehead atoms. The number of halogens is 1. The van der Waals surface area contributed by atoms with E-state index in [0.29, 0.717) is 29.7 Å². The minimum absolute atomic E-state index is 0.00653. The van der Waals surface area contributed by atoms with E-state index >= 15 is 0 Å². The standard InChI is InChI=1S/C14H22ClN3O/c1-2-3-11(8-9-16)4-7-14(19)18-13-6-5-12(15)10-17-13/h5-6,10-11H,2-4,7-9,16H2,1H3,(H,17,18,19). The summed E-state index contributed by atoms with van der Waals surface area (Å²) in [6.07, 6.45) is 6.15. The van der Waals surface area contributed by atoms with Crippen LogP contribution in [-0.4, -0.2) is 17.4 Å². The molecule has 0 spiro atoms. The van der Waals surface area contributed by atoms with Crippen LogP contribution in [0.4, 0.5) is 5.82 Å². The molecule has 0 saturated carbocycles. The van der Waals surface area contributed by atoms with E-state index < -0.39 is 0 Å². The highest BCUT2D eigenvalue weighted by Crippen LogP contribution is 2.17. The quantitative estimate of drug-likeness (QED) is 0.770. The molecule has 4 nitrogen and oxygen atoms in total. The SMILES string of the molecule is CCCC(CCN)CCC(=O)Nc1ccc(Cl)cn1. The highest BCUT2D eigenvalue weighted by molar-refractivity contribution is 6.30. The molecule has 0 radical (unpaired) electrons. The molecule has 106 valence electrons. The Hall–Kier alpha value is -1.13. The number of hydrogen-bond donors (Lipinski definition) is 2. The largest absolute Gasteiger partial charge is 0.330 e. The van der Waals surface area contributed by atoms with Gasteiger partial charge in [-0.2, -0.15) is 0 Å². The van der Waals surface area contributed by atoms with Gasteiger partial charge in [0.15, 0.2) is 0 Å². The molecule has 5 heteroatoms. The summed E-state index contributed by atoms with van der Waals surface area (Å²) in [7, 11) is 0. The summed E-state index contributed by atoms with van der Waals surface area (Å²) in [4.78, 5) is 15.8. The molecule has 0 aliphatic rings. The third-order valence-corrected chi connectivity index (χ3v) is 3.27. The first-order valence-corrected chi connectivity index (χ1v) is 7.15. The summed E-state index contributed by atoms with van der Waals surface area (Å²) in [6.45, 7) is 2.84. The van der Waals surface area contributed by atoms with Crippen LogP contribution in [0.15, 0.2) is 18.3 Å². The minimum atomic E-state index is -0.00653. The van der Waals surface area contributed by atoms with Crippen molar-refractivity contribution in [3.8, 4) is 0 Å². The Morgan fingerprint density at radius 3 is 2.79 bits per heavy atom. The molecule has 1 heterocycles. The zero-order chi connectivity index (χ0) is 14.1. The van der Waals surface area contributed by atoms with Crippen molar-refractivity contribution < 1.29 is 4.79 Å². The summed E-state index contributed by atoms with van der Waals surface area (Å²) in [5, 5.41) is 3.33. The Morgan fingerprint density at radius 1 is 1.42 bits per heavy atom. The molecule has 1 aromatic rings. The van der Waals surface area contributed by atoms with Crippen LogP contribution in [0.1, 0.15) is 39.0 Å². The Kier molecular flexibility index (Phi) is 7.45. The fourth-order valence-corrected chi connectivity index (χ4v) is 2.18. The summed E-state index contributed by atoms with van der Waals surface area (Å²) in [5.74, 6) is 1.08. The minimum Gasteiger partial charge on any atom is -0.330 e. The molecule has 1 unspecified atom stereocenters. The summed E-state index contributed by atoms with van der Waals surface area (Å²) >= 11 is 5.73. The Morgan fingerprint density at radius 2 is 2.21 bits per heavy atom. The molecule has 1 rings (SSSR count). The van der Waals surface area contributed by atoms with E-state index in [1.54, 1.807) is 12.1 Å². The Labute approximate surface area is 119 Å². The number of carbonyl (C=O) groups excluding carboxylic acids is 1. The van der Waals surface area contributed by atoms with Gasteiger partial charge >= 0.3 is 0 Å². The summed E-state index contributed by atoms with van der Waals surface area (Å²) in [5.41, 5.74) is 5.58.